The van der Waals surface area contributed by atoms with Crippen molar-refractivity contribution in [2.24, 2.45) is 23.7 Å². The molecule has 2 aliphatic carbocycles. The average Bonchev–Trinajstić information content (AvgIpc) is 3.07. The molecule has 6 atom stereocenters. The molecule has 0 aromatic rings. The molecule has 0 aromatic heterocycles. The van der Waals surface area contributed by atoms with Crippen LogP contribution in [0.25, 0.3) is 0 Å². The maximum absolute atomic E-state index is 12.3. The van der Waals surface area contributed by atoms with Gasteiger partial charge in [0.05, 0.1) is 11.8 Å². The summed E-state index contributed by atoms with van der Waals surface area (Å²) in [6, 6.07) is 0. The van der Waals surface area contributed by atoms with Crippen molar-refractivity contribution in [2.45, 2.75) is 32.5 Å². The first-order valence-electron chi connectivity index (χ1n) is 7.54. The van der Waals surface area contributed by atoms with E-state index in [0.717, 1.165) is 0 Å². The van der Waals surface area contributed by atoms with E-state index < -0.39 is 42.0 Å². The largest absolute Gasteiger partial charge is 0.458 e. The summed E-state index contributed by atoms with van der Waals surface area (Å²) in [5.41, 5.74) is 0.240. The molecule has 7 nitrogen and oxygen atoms in total. The standard InChI is InChI=1S/C16H18O7/c1-6(2)14(18)22-12-8-4-9-11(16(20)23-13(9)12)10(8)15(19)21-5-7(3)17/h8-13H,1,4-5H2,2-3H3. The van der Waals surface area contributed by atoms with Crippen molar-refractivity contribution in [1.29, 1.82) is 0 Å². The van der Waals surface area contributed by atoms with Crippen LogP contribution in [0, 0.1) is 23.7 Å². The lowest BCUT2D eigenvalue weighted by Crippen LogP contribution is -2.44. The zero-order valence-corrected chi connectivity index (χ0v) is 12.9. The first kappa shape index (κ1) is 15.7. The molecule has 2 bridgehead atoms. The van der Waals surface area contributed by atoms with Gasteiger partial charge in [0.2, 0.25) is 0 Å². The van der Waals surface area contributed by atoms with E-state index in [-0.39, 0.29) is 29.8 Å². The second-order valence-corrected chi connectivity index (χ2v) is 6.48. The highest BCUT2D eigenvalue weighted by atomic mass is 16.6. The Morgan fingerprint density at radius 2 is 1.96 bits per heavy atom. The Bertz CT molecular complexity index is 608. The summed E-state index contributed by atoms with van der Waals surface area (Å²) in [6.07, 6.45) is -0.603. The molecule has 0 radical (unpaired) electrons. The van der Waals surface area contributed by atoms with Crippen LogP contribution < -0.4 is 0 Å². The van der Waals surface area contributed by atoms with Gasteiger partial charge in [-0.2, -0.15) is 0 Å². The normalized spacial score (nSPS) is 36.5. The van der Waals surface area contributed by atoms with Gasteiger partial charge in [0.15, 0.2) is 5.78 Å². The van der Waals surface area contributed by atoms with Crippen molar-refractivity contribution in [1.82, 2.24) is 0 Å². The summed E-state index contributed by atoms with van der Waals surface area (Å²) >= 11 is 0. The second kappa shape index (κ2) is 5.47. The fourth-order valence-electron chi connectivity index (χ4n) is 3.96. The van der Waals surface area contributed by atoms with Gasteiger partial charge in [-0.1, -0.05) is 6.58 Å². The molecule has 3 fully saturated rings. The van der Waals surface area contributed by atoms with Crippen LogP contribution in [-0.2, 0) is 33.4 Å². The first-order chi connectivity index (χ1) is 10.8. The Morgan fingerprint density at radius 3 is 2.57 bits per heavy atom. The van der Waals surface area contributed by atoms with E-state index in [4.69, 9.17) is 14.2 Å². The van der Waals surface area contributed by atoms with Gasteiger partial charge in [0.1, 0.15) is 18.8 Å². The summed E-state index contributed by atoms with van der Waals surface area (Å²) in [5, 5.41) is 0. The van der Waals surface area contributed by atoms with Crippen LogP contribution in [0.4, 0.5) is 0 Å². The van der Waals surface area contributed by atoms with Gasteiger partial charge in [-0.25, -0.2) is 4.79 Å². The summed E-state index contributed by atoms with van der Waals surface area (Å²) in [5.74, 6) is -3.68. The predicted molar refractivity (Wildman–Crippen MR) is 74.8 cm³/mol. The van der Waals surface area contributed by atoms with Crippen LogP contribution in [0.15, 0.2) is 12.2 Å². The molecule has 7 heteroatoms. The van der Waals surface area contributed by atoms with E-state index in [0.29, 0.717) is 6.42 Å². The van der Waals surface area contributed by atoms with Crippen LogP contribution in [0.2, 0.25) is 0 Å². The SMILES string of the molecule is C=C(C)C(=O)OC1C2CC3C1OC(=O)C3C2C(=O)OCC(C)=O. The number of ketones is 1. The summed E-state index contributed by atoms with van der Waals surface area (Å²) in [6.45, 7) is 6.04. The fourth-order valence-corrected chi connectivity index (χ4v) is 3.96. The molecule has 3 aliphatic rings. The van der Waals surface area contributed by atoms with Crippen LogP contribution >= 0.6 is 0 Å². The van der Waals surface area contributed by atoms with Crippen molar-refractivity contribution < 1.29 is 33.4 Å². The van der Waals surface area contributed by atoms with Gasteiger partial charge in [-0.3, -0.25) is 14.4 Å². The highest BCUT2D eigenvalue weighted by Gasteiger charge is 2.70. The smallest absolute Gasteiger partial charge is 0.333 e. The molecular weight excluding hydrogens is 304 g/mol. The minimum Gasteiger partial charge on any atom is -0.458 e. The number of fused-ring (bicyclic) bond motifs is 1. The second-order valence-electron chi connectivity index (χ2n) is 6.48. The molecule has 0 aromatic carbocycles. The van der Waals surface area contributed by atoms with Gasteiger partial charge >= 0.3 is 17.9 Å². The zero-order chi connectivity index (χ0) is 16.9. The molecule has 3 rings (SSSR count). The molecule has 1 aliphatic heterocycles. The minimum atomic E-state index is -0.728. The lowest BCUT2D eigenvalue weighted by molar-refractivity contribution is -0.163. The third-order valence-corrected chi connectivity index (χ3v) is 4.83. The number of carbonyl (C=O) groups excluding carboxylic acids is 4. The molecule has 0 N–H and O–H groups in total. The van der Waals surface area contributed by atoms with E-state index in [9.17, 15) is 19.2 Å². The van der Waals surface area contributed by atoms with Gasteiger partial charge in [0.25, 0.3) is 0 Å². The van der Waals surface area contributed by atoms with Crippen molar-refractivity contribution in [3.8, 4) is 0 Å². The van der Waals surface area contributed by atoms with Crippen LogP contribution in [0.1, 0.15) is 20.3 Å². The third kappa shape index (κ3) is 2.44. The number of carbonyl (C=O) groups is 4. The average molecular weight is 322 g/mol. The topological polar surface area (TPSA) is 96.0 Å². The van der Waals surface area contributed by atoms with E-state index in [1.807, 2.05) is 0 Å². The number of rotatable bonds is 5. The van der Waals surface area contributed by atoms with Crippen molar-refractivity contribution in [2.75, 3.05) is 6.61 Å². The van der Waals surface area contributed by atoms with Gasteiger partial charge in [0, 0.05) is 17.4 Å². The molecule has 6 unspecified atom stereocenters. The third-order valence-electron chi connectivity index (χ3n) is 4.83. The number of hydrogen-bond acceptors (Lipinski definition) is 7. The van der Waals surface area contributed by atoms with Crippen LogP contribution in [-0.4, -0.2) is 42.5 Å². The zero-order valence-electron chi connectivity index (χ0n) is 12.9. The Hall–Kier alpha value is -2.18. The van der Waals surface area contributed by atoms with E-state index >= 15 is 0 Å². The number of hydrogen-bond donors (Lipinski definition) is 0. The maximum atomic E-state index is 12.3. The molecule has 0 amide bonds. The van der Waals surface area contributed by atoms with Crippen LogP contribution in [0.5, 0.6) is 0 Å². The highest BCUT2D eigenvalue weighted by molar-refractivity contribution is 5.89. The lowest BCUT2D eigenvalue weighted by atomic mass is 9.78. The van der Waals surface area contributed by atoms with Gasteiger partial charge < -0.3 is 14.2 Å². The fraction of sp³-hybridized carbons (Fsp3) is 0.625. The Labute approximate surface area is 132 Å². The van der Waals surface area contributed by atoms with Crippen LogP contribution in [0.3, 0.4) is 0 Å². The van der Waals surface area contributed by atoms with E-state index in [1.54, 1.807) is 0 Å². The lowest BCUT2D eigenvalue weighted by Gasteiger charge is -2.30. The Balaban J connectivity index is 1.80. The van der Waals surface area contributed by atoms with Gasteiger partial charge in [-0.05, 0) is 20.3 Å². The molecule has 23 heavy (non-hydrogen) atoms. The van der Waals surface area contributed by atoms with Crippen molar-refractivity contribution in [3.63, 3.8) is 0 Å². The van der Waals surface area contributed by atoms with Crippen molar-refractivity contribution >= 4 is 23.7 Å². The summed E-state index contributed by atoms with van der Waals surface area (Å²) < 4.78 is 15.7. The van der Waals surface area contributed by atoms with Gasteiger partial charge in [-0.15, -0.1) is 0 Å². The quantitative estimate of drug-likeness (QED) is 0.411. The molecule has 124 valence electrons. The number of ether oxygens (including phenoxy) is 3. The molecule has 1 saturated heterocycles. The molecule has 0 spiro atoms. The molecular formula is C16H18O7. The predicted octanol–water partition coefficient (Wildman–Crippen LogP) is 0.414. The summed E-state index contributed by atoms with van der Waals surface area (Å²) in [7, 11) is 0. The monoisotopic (exact) mass is 322 g/mol. The molecule has 2 saturated carbocycles. The number of esters is 3. The number of Topliss-reactive ketones (excluding diaryl/α,β-unsaturated/α-hetero) is 1. The molecule has 1 heterocycles. The Morgan fingerprint density at radius 1 is 1.26 bits per heavy atom. The Kier molecular flexibility index (Phi) is 3.74. The van der Waals surface area contributed by atoms with E-state index in [1.165, 1.54) is 13.8 Å². The van der Waals surface area contributed by atoms with E-state index in [2.05, 4.69) is 6.58 Å². The maximum Gasteiger partial charge on any atom is 0.333 e. The summed E-state index contributed by atoms with van der Waals surface area (Å²) in [4.78, 5) is 47.1. The highest BCUT2D eigenvalue weighted by Crippen LogP contribution is 2.59. The van der Waals surface area contributed by atoms with Crippen molar-refractivity contribution in [3.05, 3.63) is 12.2 Å². The minimum absolute atomic E-state index is 0.148. The first-order valence-corrected chi connectivity index (χ1v) is 7.54.